The smallest absolute Gasteiger partial charge is 0.195 e. The van der Waals surface area contributed by atoms with E-state index in [1.54, 1.807) is 11.8 Å². The second kappa shape index (κ2) is 4.89. The lowest BCUT2D eigenvalue weighted by Gasteiger charge is -2.09. The highest BCUT2D eigenvalue weighted by Crippen LogP contribution is 2.31. The van der Waals surface area contributed by atoms with Crippen LogP contribution in [0.2, 0.25) is 0 Å². The van der Waals surface area contributed by atoms with E-state index in [0.29, 0.717) is 6.54 Å². The van der Waals surface area contributed by atoms with Gasteiger partial charge in [0, 0.05) is 18.5 Å². The molecule has 1 aromatic heterocycles. The summed E-state index contributed by atoms with van der Waals surface area (Å²) in [4.78, 5) is 1.19. The molecule has 90 valence electrons. The molecule has 1 aromatic carbocycles. The number of hydrogen-bond donors (Lipinski definition) is 1. The molecule has 0 bridgehead atoms. The van der Waals surface area contributed by atoms with Gasteiger partial charge in [0.2, 0.25) is 0 Å². The molecule has 2 N–H and O–H groups in total. The molecule has 5 heteroatoms. The zero-order valence-corrected chi connectivity index (χ0v) is 11.1. The van der Waals surface area contributed by atoms with Crippen molar-refractivity contribution in [3.63, 3.8) is 0 Å². The summed E-state index contributed by atoms with van der Waals surface area (Å²) in [6, 6.07) is 6.17. The number of benzene rings is 1. The average molecular weight is 248 g/mol. The van der Waals surface area contributed by atoms with Crippen LogP contribution in [-0.4, -0.2) is 14.8 Å². The first kappa shape index (κ1) is 12.1. The molecule has 0 spiro atoms. The van der Waals surface area contributed by atoms with Crippen molar-refractivity contribution in [3.8, 4) is 0 Å². The van der Waals surface area contributed by atoms with E-state index in [-0.39, 0.29) is 0 Å². The molecule has 0 fully saturated rings. The summed E-state index contributed by atoms with van der Waals surface area (Å²) < 4.78 is 1.98. The highest BCUT2D eigenvalue weighted by Gasteiger charge is 2.11. The minimum atomic E-state index is 0.543. The summed E-state index contributed by atoms with van der Waals surface area (Å²) in [6.07, 6.45) is 0. The van der Waals surface area contributed by atoms with E-state index < -0.39 is 0 Å². The van der Waals surface area contributed by atoms with Gasteiger partial charge in [-0.1, -0.05) is 18.2 Å². The maximum atomic E-state index is 5.76. The second-order valence-electron chi connectivity index (χ2n) is 3.96. The predicted molar refractivity (Wildman–Crippen MR) is 68.9 cm³/mol. The summed E-state index contributed by atoms with van der Waals surface area (Å²) in [5.41, 5.74) is 8.13. The van der Waals surface area contributed by atoms with Gasteiger partial charge in [-0.15, -0.1) is 10.2 Å². The molecule has 0 saturated carbocycles. The normalized spacial score (nSPS) is 10.8. The third-order valence-electron chi connectivity index (χ3n) is 2.76. The largest absolute Gasteiger partial charge is 0.326 e. The first-order chi connectivity index (χ1) is 8.13. The Morgan fingerprint density at radius 1 is 1.29 bits per heavy atom. The maximum Gasteiger partial charge on any atom is 0.195 e. The zero-order valence-electron chi connectivity index (χ0n) is 10.3. The molecule has 4 nitrogen and oxygen atoms in total. The van der Waals surface area contributed by atoms with Crippen molar-refractivity contribution in [3.05, 3.63) is 35.2 Å². The summed E-state index contributed by atoms with van der Waals surface area (Å²) in [5.74, 6) is 0.912. The van der Waals surface area contributed by atoms with Gasteiger partial charge in [-0.2, -0.15) is 0 Å². The molecule has 0 aliphatic heterocycles. The van der Waals surface area contributed by atoms with E-state index in [4.69, 9.17) is 5.73 Å². The van der Waals surface area contributed by atoms with Gasteiger partial charge < -0.3 is 10.3 Å². The summed E-state index contributed by atoms with van der Waals surface area (Å²) >= 11 is 1.62. The van der Waals surface area contributed by atoms with E-state index >= 15 is 0 Å². The van der Waals surface area contributed by atoms with Crippen molar-refractivity contribution in [2.75, 3.05) is 0 Å². The Morgan fingerprint density at radius 3 is 2.65 bits per heavy atom. The molecular formula is C12H16N4S. The summed E-state index contributed by atoms with van der Waals surface area (Å²) in [7, 11) is 1.97. The number of nitrogens with zero attached hydrogens (tertiary/aromatic N) is 3. The molecule has 0 aliphatic rings. The molecular weight excluding hydrogens is 232 g/mol. The summed E-state index contributed by atoms with van der Waals surface area (Å²) in [6.45, 7) is 4.57. The Kier molecular flexibility index (Phi) is 3.49. The molecule has 2 rings (SSSR count). The Hall–Kier alpha value is -1.33. The SMILES string of the molecule is Cc1cccc(CN)c1Sc1nnc(C)n1C. The molecule has 0 aliphatic carbocycles. The van der Waals surface area contributed by atoms with Crippen molar-refractivity contribution in [2.45, 2.75) is 30.4 Å². The quantitative estimate of drug-likeness (QED) is 0.903. The lowest BCUT2D eigenvalue weighted by atomic mass is 10.1. The van der Waals surface area contributed by atoms with Crippen LogP contribution in [0, 0.1) is 13.8 Å². The number of nitrogens with two attached hydrogens (primary N) is 1. The van der Waals surface area contributed by atoms with E-state index in [1.165, 1.54) is 10.5 Å². The van der Waals surface area contributed by atoms with Gasteiger partial charge in [0.25, 0.3) is 0 Å². The van der Waals surface area contributed by atoms with Gasteiger partial charge in [-0.25, -0.2) is 0 Å². The standard InChI is InChI=1S/C12H16N4S/c1-8-5-4-6-10(7-13)11(8)17-12-15-14-9(2)16(12)3/h4-6H,7,13H2,1-3H3. The van der Waals surface area contributed by atoms with Crippen LogP contribution in [0.3, 0.4) is 0 Å². The van der Waals surface area contributed by atoms with Gasteiger partial charge in [-0.3, -0.25) is 0 Å². The van der Waals surface area contributed by atoms with Crippen LogP contribution in [0.15, 0.2) is 28.3 Å². The van der Waals surface area contributed by atoms with Crippen LogP contribution in [0.1, 0.15) is 17.0 Å². The monoisotopic (exact) mass is 248 g/mol. The van der Waals surface area contributed by atoms with Crippen LogP contribution in [0.5, 0.6) is 0 Å². The Balaban J connectivity index is 2.39. The fourth-order valence-electron chi connectivity index (χ4n) is 1.59. The topological polar surface area (TPSA) is 56.7 Å². The highest BCUT2D eigenvalue weighted by atomic mass is 32.2. The van der Waals surface area contributed by atoms with Crippen LogP contribution < -0.4 is 5.73 Å². The van der Waals surface area contributed by atoms with Crippen molar-refractivity contribution >= 4 is 11.8 Å². The number of rotatable bonds is 3. The first-order valence-corrected chi connectivity index (χ1v) is 6.27. The highest BCUT2D eigenvalue weighted by molar-refractivity contribution is 7.99. The van der Waals surface area contributed by atoms with Gasteiger partial charge in [-0.05, 0) is 36.7 Å². The van der Waals surface area contributed by atoms with Crippen molar-refractivity contribution in [2.24, 2.45) is 12.8 Å². The lowest BCUT2D eigenvalue weighted by Crippen LogP contribution is -2.01. The zero-order chi connectivity index (χ0) is 12.4. The maximum absolute atomic E-state index is 5.76. The average Bonchev–Trinajstić information content (AvgIpc) is 2.63. The van der Waals surface area contributed by atoms with Crippen LogP contribution in [0.4, 0.5) is 0 Å². The molecule has 0 amide bonds. The van der Waals surface area contributed by atoms with Crippen LogP contribution in [0.25, 0.3) is 0 Å². The Bertz CT molecular complexity index is 533. The van der Waals surface area contributed by atoms with Crippen molar-refractivity contribution < 1.29 is 0 Å². The molecule has 0 atom stereocenters. The molecule has 2 aromatic rings. The van der Waals surface area contributed by atoms with Gasteiger partial charge in [0.05, 0.1) is 0 Å². The Morgan fingerprint density at radius 2 is 2.06 bits per heavy atom. The molecule has 0 unspecified atom stereocenters. The first-order valence-electron chi connectivity index (χ1n) is 5.46. The second-order valence-corrected chi connectivity index (χ2v) is 4.94. The third kappa shape index (κ3) is 2.35. The Labute approximate surface area is 105 Å². The predicted octanol–water partition coefficient (Wildman–Crippen LogP) is 2.04. The third-order valence-corrected chi connectivity index (χ3v) is 4.09. The molecule has 0 radical (unpaired) electrons. The van der Waals surface area contributed by atoms with E-state index in [0.717, 1.165) is 16.5 Å². The lowest BCUT2D eigenvalue weighted by molar-refractivity contribution is 0.765. The number of hydrogen-bond acceptors (Lipinski definition) is 4. The molecule has 0 saturated heterocycles. The molecule has 17 heavy (non-hydrogen) atoms. The van der Waals surface area contributed by atoms with E-state index in [2.05, 4.69) is 29.3 Å². The van der Waals surface area contributed by atoms with Crippen molar-refractivity contribution in [1.29, 1.82) is 0 Å². The number of aromatic nitrogens is 3. The van der Waals surface area contributed by atoms with E-state index in [1.807, 2.05) is 24.6 Å². The van der Waals surface area contributed by atoms with Gasteiger partial charge >= 0.3 is 0 Å². The minimum absolute atomic E-state index is 0.543. The fraction of sp³-hybridized carbons (Fsp3) is 0.333. The van der Waals surface area contributed by atoms with E-state index in [9.17, 15) is 0 Å². The van der Waals surface area contributed by atoms with Crippen molar-refractivity contribution in [1.82, 2.24) is 14.8 Å². The minimum Gasteiger partial charge on any atom is -0.326 e. The number of aryl methyl sites for hydroxylation is 2. The van der Waals surface area contributed by atoms with Gasteiger partial charge in [0.1, 0.15) is 5.82 Å². The van der Waals surface area contributed by atoms with Crippen LogP contribution >= 0.6 is 11.8 Å². The van der Waals surface area contributed by atoms with Gasteiger partial charge in [0.15, 0.2) is 5.16 Å². The van der Waals surface area contributed by atoms with Crippen LogP contribution in [-0.2, 0) is 13.6 Å². The molecule has 1 heterocycles. The fourth-order valence-corrected chi connectivity index (χ4v) is 2.63. The summed E-state index contributed by atoms with van der Waals surface area (Å²) in [5, 5.41) is 9.12.